The van der Waals surface area contributed by atoms with Crippen molar-refractivity contribution in [3.05, 3.63) is 94.5 Å². The maximum atomic E-state index is 3.63. The van der Waals surface area contributed by atoms with Crippen molar-refractivity contribution in [2.45, 2.75) is 40.3 Å². The zero-order chi connectivity index (χ0) is 17.8. The molecule has 128 valence electrons. The molecule has 1 N–H and O–H groups in total. The van der Waals surface area contributed by atoms with Gasteiger partial charge in [0.25, 0.3) is 0 Å². The highest BCUT2D eigenvalue weighted by Gasteiger charge is 2.06. The average molecular weight is 329 g/mol. The Balaban J connectivity index is 1.71. The zero-order valence-electron chi connectivity index (χ0n) is 15.6. The van der Waals surface area contributed by atoms with E-state index in [9.17, 15) is 0 Å². The quantitative estimate of drug-likeness (QED) is 0.593. The number of hydrogen-bond acceptors (Lipinski definition) is 1. The number of rotatable bonds is 5. The Hall–Kier alpha value is -2.38. The molecule has 0 heterocycles. The number of aryl methyl sites for hydroxylation is 3. The van der Waals surface area contributed by atoms with Crippen LogP contribution in [-0.2, 0) is 6.54 Å². The van der Waals surface area contributed by atoms with Crippen LogP contribution in [0.3, 0.4) is 0 Å². The molecular formula is C24H27N. The van der Waals surface area contributed by atoms with E-state index in [1.165, 1.54) is 38.9 Å². The monoisotopic (exact) mass is 329 g/mol. The molecule has 0 aromatic heterocycles. The smallest absolute Gasteiger partial charge is 0.0294 e. The Morgan fingerprint density at radius 2 is 1.48 bits per heavy atom. The van der Waals surface area contributed by atoms with Crippen LogP contribution in [0.1, 0.15) is 40.8 Å². The van der Waals surface area contributed by atoms with E-state index < -0.39 is 0 Å². The van der Waals surface area contributed by atoms with Crippen LogP contribution < -0.4 is 5.32 Å². The van der Waals surface area contributed by atoms with Gasteiger partial charge >= 0.3 is 0 Å². The summed E-state index contributed by atoms with van der Waals surface area (Å²) in [5, 5.41) is 3.63. The van der Waals surface area contributed by atoms with Crippen LogP contribution in [0.25, 0.3) is 11.1 Å². The third kappa shape index (κ3) is 4.37. The molecule has 25 heavy (non-hydrogen) atoms. The van der Waals surface area contributed by atoms with Crippen molar-refractivity contribution < 1.29 is 0 Å². The molecule has 1 atom stereocenters. The molecule has 0 fully saturated rings. The zero-order valence-corrected chi connectivity index (χ0v) is 15.6. The normalized spacial score (nSPS) is 12.2. The van der Waals surface area contributed by atoms with Crippen molar-refractivity contribution in [2.75, 3.05) is 0 Å². The summed E-state index contributed by atoms with van der Waals surface area (Å²) in [4.78, 5) is 0. The minimum Gasteiger partial charge on any atom is -0.306 e. The highest BCUT2D eigenvalue weighted by Crippen LogP contribution is 2.23. The van der Waals surface area contributed by atoms with E-state index in [0.717, 1.165) is 6.54 Å². The van der Waals surface area contributed by atoms with Gasteiger partial charge in [-0.1, -0.05) is 66.2 Å². The summed E-state index contributed by atoms with van der Waals surface area (Å²) in [6, 6.07) is 24.6. The van der Waals surface area contributed by atoms with Gasteiger partial charge in [0.15, 0.2) is 0 Å². The van der Waals surface area contributed by atoms with E-state index in [1.807, 2.05) is 0 Å². The molecule has 0 aliphatic heterocycles. The van der Waals surface area contributed by atoms with E-state index in [2.05, 4.69) is 99.7 Å². The fourth-order valence-corrected chi connectivity index (χ4v) is 3.03. The fraction of sp³-hybridized carbons (Fsp3) is 0.250. The van der Waals surface area contributed by atoms with Gasteiger partial charge in [0.05, 0.1) is 0 Å². The van der Waals surface area contributed by atoms with Crippen LogP contribution in [0.4, 0.5) is 0 Å². The highest BCUT2D eigenvalue weighted by molar-refractivity contribution is 5.65. The summed E-state index contributed by atoms with van der Waals surface area (Å²) in [6.07, 6.45) is 0. The fourth-order valence-electron chi connectivity index (χ4n) is 3.03. The van der Waals surface area contributed by atoms with Crippen LogP contribution in [0.15, 0.2) is 66.7 Å². The van der Waals surface area contributed by atoms with E-state index in [0.29, 0.717) is 6.04 Å². The largest absolute Gasteiger partial charge is 0.306 e. The molecule has 0 spiro atoms. The van der Waals surface area contributed by atoms with Gasteiger partial charge in [-0.2, -0.15) is 0 Å². The van der Waals surface area contributed by atoms with E-state index in [4.69, 9.17) is 0 Å². The third-order valence-electron chi connectivity index (χ3n) is 4.96. The topological polar surface area (TPSA) is 12.0 Å². The molecule has 0 saturated heterocycles. The van der Waals surface area contributed by atoms with E-state index in [1.54, 1.807) is 0 Å². The minimum atomic E-state index is 0.339. The summed E-state index contributed by atoms with van der Waals surface area (Å²) in [6.45, 7) is 9.55. The Bertz CT molecular complexity index is 846. The lowest BCUT2D eigenvalue weighted by atomic mass is 9.99. The molecule has 0 radical (unpaired) electrons. The molecule has 0 bridgehead atoms. The molecule has 1 nitrogen and oxygen atoms in total. The number of hydrogen-bond donors (Lipinski definition) is 1. The summed E-state index contributed by atoms with van der Waals surface area (Å²) in [7, 11) is 0. The van der Waals surface area contributed by atoms with Gasteiger partial charge < -0.3 is 5.32 Å². The first-order valence-corrected chi connectivity index (χ1v) is 8.99. The lowest BCUT2D eigenvalue weighted by molar-refractivity contribution is 0.575. The minimum absolute atomic E-state index is 0.339. The van der Waals surface area contributed by atoms with Crippen molar-refractivity contribution in [1.29, 1.82) is 0 Å². The van der Waals surface area contributed by atoms with Crippen LogP contribution in [0.2, 0.25) is 0 Å². The Labute approximate surface area is 151 Å². The summed E-state index contributed by atoms with van der Waals surface area (Å²) in [5.41, 5.74) is 9.20. The summed E-state index contributed by atoms with van der Waals surface area (Å²) < 4.78 is 0. The first-order chi connectivity index (χ1) is 12.0. The van der Waals surface area contributed by atoms with E-state index >= 15 is 0 Å². The second kappa shape index (κ2) is 7.67. The second-order valence-electron chi connectivity index (χ2n) is 7.01. The van der Waals surface area contributed by atoms with E-state index in [-0.39, 0.29) is 0 Å². The van der Waals surface area contributed by atoms with Gasteiger partial charge in [-0.05, 0) is 67.1 Å². The van der Waals surface area contributed by atoms with Crippen molar-refractivity contribution in [3.63, 3.8) is 0 Å². The van der Waals surface area contributed by atoms with Crippen molar-refractivity contribution in [2.24, 2.45) is 0 Å². The Morgan fingerprint density at radius 3 is 2.20 bits per heavy atom. The molecule has 0 aliphatic carbocycles. The number of benzene rings is 3. The number of nitrogens with one attached hydrogen (secondary N) is 1. The molecule has 3 rings (SSSR count). The average Bonchev–Trinajstić information content (AvgIpc) is 2.63. The van der Waals surface area contributed by atoms with Crippen LogP contribution in [-0.4, -0.2) is 0 Å². The summed E-state index contributed by atoms with van der Waals surface area (Å²) in [5.74, 6) is 0. The summed E-state index contributed by atoms with van der Waals surface area (Å²) >= 11 is 0. The van der Waals surface area contributed by atoms with Gasteiger partial charge in [0.2, 0.25) is 0 Å². The van der Waals surface area contributed by atoms with Crippen molar-refractivity contribution >= 4 is 0 Å². The molecule has 0 unspecified atom stereocenters. The molecule has 3 aromatic rings. The van der Waals surface area contributed by atoms with Gasteiger partial charge in [0.1, 0.15) is 0 Å². The Kier molecular flexibility index (Phi) is 5.35. The van der Waals surface area contributed by atoms with Gasteiger partial charge in [-0.3, -0.25) is 0 Å². The lowest BCUT2D eigenvalue weighted by Gasteiger charge is -2.15. The van der Waals surface area contributed by atoms with Gasteiger partial charge in [-0.25, -0.2) is 0 Å². The SMILES string of the molecule is Cc1ccc([C@@H](C)NCc2cccc(-c3ccc(C)c(C)c3)c2)cc1. The maximum absolute atomic E-state index is 3.63. The first kappa shape index (κ1) is 17.4. The highest BCUT2D eigenvalue weighted by atomic mass is 14.9. The third-order valence-corrected chi connectivity index (χ3v) is 4.96. The predicted molar refractivity (Wildman–Crippen MR) is 108 cm³/mol. The van der Waals surface area contributed by atoms with Gasteiger partial charge in [-0.15, -0.1) is 0 Å². The molecule has 3 aromatic carbocycles. The standard InChI is InChI=1S/C24H27N/c1-17-8-11-22(12-9-17)20(4)25-16-21-6-5-7-23(15-21)24-13-10-18(2)19(3)14-24/h5-15,20,25H,16H2,1-4H3/t20-/m1/s1. The molecular weight excluding hydrogens is 302 g/mol. The lowest BCUT2D eigenvalue weighted by Crippen LogP contribution is -2.18. The van der Waals surface area contributed by atoms with Crippen LogP contribution >= 0.6 is 0 Å². The Morgan fingerprint density at radius 1 is 0.760 bits per heavy atom. The van der Waals surface area contributed by atoms with Gasteiger partial charge in [0, 0.05) is 12.6 Å². The van der Waals surface area contributed by atoms with Crippen molar-refractivity contribution in [1.82, 2.24) is 5.32 Å². The molecule has 0 aliphatic rings. The second-order valence-corrected chi connectivity index (χ2v) is 7.01. The van der Waals surface area contributed by atoms with Crippen molar-refractivity contribution in [3.8, 4) is 11.1 Å². The first-order valence-electron chi connectivity index (χ1n) is 8.99. The van der Waals surface area contributed by atoms with Crippen LogP contribution in [0.5, 0.6) is 0 Å². The molecule has 1 heteroatoms. The molecule has 0 amide bonds. The van der Waals surface area contributed by atoms with Crippen LogP contribution in [0, 0.1) is 20.8 Å². The molecule has 0 saturated carbocycles. The maximum Gasteiger partial charge on any atom is 0.0294 e. The predicted octanol–water partition coefficient (Wildman–Crippen LogP) is 6.13.